The molecule has 0 aliphatic heterocycles. The van der Waals surface area contributed by atoms with E-state index in [1.54, 1.807) is 18.2 Å². The number of rotatable bonds is 6. The Morgan fingerprint density at radius 3 is 2.63 bits per heavy atom. The minimum Gasteiger partial charge on any atom is -0.472 e. The smallest absolute Gasteiger partial charge is 0.324 e. The molecule has 0 fully saturated rings. The lowest BCUT2D eigenvalue weighted by atomic mass is 9.92. The Morgan fingerprint density at radius 1 is 1.11 bits per heavy atom. The number of carbonyl (C=O) groups excluding carboxylic acids is 1. The number of amides is 2. The topological polar surface area (TPSA) is 120 Å². The molecular weight excluding hydrogens is 475 g/mol. The summed E-state index contributed by atoms with van der Waals surface area (Å²) in [4.78, 5) is 20.7. The van der Waals surface area contributed by atoms with Crippen molar-refractivity contribution in [3.05, 3.63) is 77.2 Å². The summed E-state index contributed by atoms with van der Waals surface area (Å²) >= 11 is 5.85. The summed E-state index contributed by atoms with van der Waals surface area (Å²) in [7, 11) is 0. The van der Waals surface area contributed by atoms with Crippen LogP contribution >= 0.6 is 11.6 Å². The number of aromatic nitrogens is 6. The minimum absolute atomic E-state index is 0.0847. The predicted octanol–water partition coefficient (Wildman–Crippen LogP) is 4.77. The molecule has 0 aliphatic carbocycles. The van der Waals surface area contributed by atoms with Crippen molar-refractivity contribution in [1.82, 2.24) is 29.9 Å². The highest BCUT2D eigenvalue weighted by molar-refractivity contribution is 6.29. The number of halogens is 2. The molecule has 4 aromatic rings. The Hall–Kier alpha value is -4.12. The monoisotopic (exact) mass is 496 g/mol. The van der Waals surface area contributed by atoms with Crippen LogP contribution in [0.25, 0.3) is 5.82 Å². The predicted molar refractivity (Wildman–Crippen MR) is 128 cm³/mol. The second-order valence-corrected chi connectivity index (χ2v) is 8.90. The maximum atomic E-state index is 14.3. The normalized spacial score (nSPS) is 11.2. The molecule has 0 atom stereocenters. The van der Waals surface area contributed by atoms with E-state index in [1.165, 1.54) is 41.5 Å². The number of hydrogen-bond donors (Lipinski definition) is 2. The fourth-order valence-corrected chi connectivity index (χ4v) is 3.09. The van der Waals surface area contributed by atoms with E-state index in [0.717, 1.165) is 5.69 Å². The molecule has 2 amide bonds. The van der Waals surface area contributed by atoms with Crippen LogP contribution in [0.5, 0.6) is 5.88 Å². The van der Waals surface area contributed by atoms with Gasteiger partial charge in [-0.1, -0.05) is 32.4 Å². The van der Waals surface area contributed by atoms with Crippen LogP contribution < -0.4 is 15.4 Å². The number of nitrogens with one attached hydrogen (secondary N) is 2. The molecule has 180 valence electrons. The van der Waals surface area contributed by atoms with Gasteiger partial charge in [0, 0.05) is 35.1 Å². The van der Waals surface area contributed by atoms with Crippen LogP contribution in [0.4, 0.5) is 20.7 Å². The van der Waals surface area contributed by atoms with E-state index in [4.69, 9.17) is 16.3 Å². The highest BCUT2D eigenvalue weighted by Crippen LogP contribution is 2.26. The molecule has 0 unspecified atom stereocenters. The molecule has 35 heavy (non-hydrogen) atoms. The third-order valence-electron chi connectivity index (χ3n) is 4.77. The van der Waals surface area contributed by atoms with Gasteiger partial charge < -0.3 is 10.1 Å². The zero-order valence-corrected chi connectivity index (χ0v) is 19.9. The SMILES string of the molecule is CC(C)(C)c1cc(NC(=O)Nc2ccc(F)c(COc3cnccn3)c2)n(-c2ccc(Cl)nn2)n1. The number of benzene rings is 1. The summed E-state index contributed by atoms with van der Waals surface area (Å²) in [6.45, 7) is 5.92. The van der Waals surface area contributed by atoms with Crippen molar-refractivity contribution in [2.45, 2.75) is 32.8 Å². The molecule has 0 spiro atoms. The van der Waals surface area contributed by atoms with E-state index < -0.39 is 11.8 Å². The lowest BCUT2D eigenvalue weighted by Gasteiger charge is -2.13. The van der Waals surface area contributed by atoms with E-state index in [9.17, 15) is 9.18 Å². The first kappa shape index (κ1) is 24.0. The molecule has 3 heterocycles. The first-order valence-corrected chi connectivity index (χ1v) is 10.9. The van der Waals surface area contributed by atoms with Crippen LogP contribution in [0.1, 0.15) is 32.0 Å². The number of hydrogen-bond acceptors (Lipinski definition) is 7. The summed E-state index contributed by atoms with van der Waals surface area (Å²) in [5.41, 5.74) is 1.06. The first-order valence-electron chi connectivity index (χ1n) is 10.5. The van der Waals surface area contributed by atoms with Crippen molar-refractivity contribution in [2.75, 3.05) is 10.6 Å². The van der Waals surface area contributed by atoms with Gasteiger partial charge in [0.1, 0.15) is 18.2 Å². The largest absolute Gasteiger partial charge is 0.472 e. The highest BCUT2D eigenvalue weighted by atomic mass is 35.5. The molecule has 0 radical (unpaired) electrons. The van der Waals surface area contributed by atoms with Crippen LogP contribution in [0.3, 0.4) is 0 Å². The fourth-order valence-electron chi connectivity index (χ4n) is 2.99. The van der Waals surface area contributed by atoms with Crippen LogP contribution in [-0.4, -0.2) is 36.0 Å². The van der Waals surface area contributed by atoms with Crippen molar-refractivity contribution in [3.63, 3.8) is 0 Å². The summed E-state index contributed by atoms with van der Waals surface area (Å²) in [5.74, 6) is 0.535. The summed E-state index contributed by atoms with van der Waals surface area (Å²) in [5, 5.41) is 18.2. The van der Waals surface area contributed by atoms with Crippen molar-refractivity contribution in [3.8, 4) is 11.7 Å². The van der Waals surface area contributed by atoms with Gasteiger partial charge in [0.2, 0.25) is 5.88 Å². The number of nitrogens with zero attached hydrogens (tertiary/aromatic N) is 6. The molecule has 3 aromatic heterocycles. The molecule has 2 N–H and O–H groups in total. The summed E-state index contributed by atoms with van der Waals surface area (Å²) < 4.78 is 21.2. The van der Waals surface area contributed by atoms with Crippen molar-refractivity contribution < 1.29 is 13.9 Å². The quantitative estimate of drug-likeness (QED) is 0.394. The fraction of sp³-hybridized carbons (Fsp3) is 0.217. The molecule has 12 heteroatoms. The molecule has 0 saturated carbocycles. The molecule has 1 aromatic carbocycles. The Balaban J connectivity index is 1.51. The van der Waals surface area contributed by atoms with Gasteiger partial charge in [0.15, 0.2) is 11.0 Å². The number of urea groups is 1. The third-order valence-corrected chi connectivity index (χ3v) is 4.97. The van der Waals surface area contributed by atoms with Gasteiger partial charge in [-0.3, -0.25) is 10.3 Å². The minimum atomic E-state index is -0.555. The van der Waals surface area contributed by atoms with E-state index in [0.29, 0.717) is 17.3 Å². The Morgan fingerprint density at radius 2 is 1.94 bits per heavy atom. The van der Waals surface area contributed by atoms with Crippen LogP contribution in [0.2, 0.25) is 5.15 Å². The summed E-state index contributed by atoms with van der Waals surface area (Å²) in [6.07, 6.45) is 4.40. The lowest BCUT2D eigenvalue weighted by Crippen LogP contribution is -2.21. The zero-order chi connectivity index (χ0) is 25.0. The highest BCUT2D eigenvalue weighted by Gasteiger charge is 2.22. The van der Waals surface area contributed by atoms with Gasteiger partial charge in [-0.25, -0.2) is 14.2 Å². The molecule has 4 rings (SSSR count). The Kier molecular flexibility index (Phi) is 6.87. The van der Waals surface area contributed by atoms with Crippen LogP contribution in [0.15, 0.2) is 55.0 Å². The van der Waals surface area contributed by atoms with Crippen molar-refractivity contribution >= 4 is 29.1 Å². The first-order chi connectivity index (χ1) is 16.7. The van der Waals surface area contributed by atoms with E-state index in [-0.39, 0.29) is 28.6 Å². The van der Waals surface area contributed by atoms with Gasteiger partial charge >= 0.3 is 6.03 Å². The molecule has 10 nitrogen and oxygen atoms in total. The van der Waals surface area contributed by atoms with E-state index >= 15 is 0 Å². The second-order valence-electron chi connectivity index (χ2n) is 8.51. The summed E-state index contributed by atoms with van der Waals surface area (Å²) in [6, 6.07) is 8.59. The van der Waals surface area contributed by atoms with Gasteiger partial charge in [-0.15, -0.1) is 10.2 Å². The molecule has 0 aliphatic rings. The Bertz CT molecular complexity index is 1320. The molecule has 0 saturated heterocycles. The number of ether oxygens (including phenoxy) is 1. The molecular formula is C23H22ClFN8O2. The van der Waals surface area contributed by atoms with Gasteiger partial charge in [0.25, 0.3) is 0 Å². The average Bonchev–Trinajstić information content (AvgIpc) is 3.25. The maximum absolute atomic E-state index is 14.3. The third kappa shape index (κ3) is 6.07. The second kappa shape index (κ2) is 10.0. The number of carbonyl (C=O) groups is 1. The number of anilines is 2. The standard InChI is InChI=1S/C23H22ClFN8O2/c1-23(2,3)17-11-20(33(32-17)19-7-6-18(24)30-31-19)29-22(34)28-15-4-5-16(25)14(10-15)13-35-21-12-26-8-9-27-21/h4-12H,13H2,1-3H3,(H2,28,29,34). The van der Waals surface area contributed by atoms with Gasteiger partial charge in [-0.05, 0) is 30.3 Å². The van der Waals surface area contributed by atoms with Gasteiger partial charge in [-0.2, -0.15) is 9.78 Å². The lowest BCUT2D eigenvalue weighted by molar-refractivity contribution is 0.262. The molecule has 0 bridgehead atoms. The maximum Gasteiger partial charge on any atom is 0.324 e. The van der Waals surface area contributed by atoms with Crippen LogP contribution in [0, 0.1) is 5.82 Å². The van der Waals surface area contributed by atoms with Gasteiger partial charge in [0.05, 0.1) is 11.9 Å². The van der Waals surface area contributed by atoms with Crippen LogP contribution in [-0.2, 0) is 12.0 Å². The average molecular weight is 497 g/mol. The Labute approximate surface area is 205 Å². The van der Waals surface area contributed by atoms with E-state index in [2.05, 4.69) is 35.9 Å². The van der Waals surface area contributed by atoms with Crippen molar-refractivity contribution in [2.24, 2.45) is 0 Å². The zero-order valence-electron chi connectivity index (χ0n) is 19.2. The van der Waals surface area contributed by atoms with Crippen molar-refractivity contribution in [1.29, 1.82) is 0 Å². The van der Waals surface area contributed by atoms with E-state index in [1.807, 2.05) is 20.8 Å².